The van der Waals surface area contributed by atoms with E-state index >= 15 is 0 Å². The lowest BCUT2D eigenvalue weighted by Gasteiger charge is -2.33. The van der Waals surface area contributed by atoms with Crippen molar-refractivity contribution >= 4 is 23.1 Å². The van der Waals surface area contributed by atoms with Crippen LogP contribution >= 0.6 is 12.2 Å². The molecule has 1 unspecified atom stereocenters. The van der Waals surface area contributed by atoms with Gasteiger partial charge in [0.1, 0.15) is 0 Å². The Kier molecular flexibility index (Phi) is 4.49. The maximum Gasteiger partial charge on any atom is 0.235 e. The van der Waals surface area contributed by atoms with E-state index in [9.17, 15) is 4.79 Å². The van der Waals surface area contributed by atoms with Crippen molar-refractivity contribution in [1.29, 1.82) is 0 Å². The van der Waals surface area contributed by atoms with Gasteiger partial charge in [-0.15, -0.1) is 0 Å². The first-order chi connectivity index (χ1) is 7.85. The van der Waals surface area contributed by atoms with Crippen molar-refractivity contribution in [2.45, 2.75) is 32.7 Å². The Hall–Kier alpha value is -0.680. The molecule has 0 bridgehead atoms. The van der Waals surface area contributed by atoms with Crippen LogP contribution in [0.3, 0.4) is 0 Å². The lowest BCUT2D eigenvalue weighted by molar-refractivity contribution is -0.136. The van der Waals surface area contributed by atoms with Crippen molar-refractivity contribution in [3.8, 4) is 0 Å². The number of amides is 1. The molecule has 1 aliphatic carbocycles. The zero-order chi connectivity index (χ0) is 13.2. The molecule has 2 N–H and O–H groups in total. The molecule has 17 heavy (non-hydrogen) atoms. The molecule has 1 fully saturated rings. The minimum Gasteiger partial charge on any atom is -0.392 e. The van der Waals surface area contributed by atoms with Crippen molar-refractivity contribution in [2.75, 3.05) is 27.2 Å². The molecule has 1 rings (SSSR count). The van der Waals surface area contributed by atoms with E-state index in [1.165, 1.54) is 0 Å². The molecule has 4 nitrogen and oxygen atoms in total. The van der Waals surface area contributed by atoms with Gasteiger partial charge in [0.15, 0.2) is 0 Å². The van der Waals surface area contributed by atoms with Crippen molar-refractivity contribution < 1.29 is 4.79 Å². The van der Waals surface area contributed by atoms with Crippen molar-refractivity contribution in [3.05, 3.63) is 0 Å². The van der Waals surface area contributed by atoms with Crippen LogP contribution in [0.25, 0.3) is 0 Å². The molecule has 0 aromatic carbocycles. The van der Waals surface area contributed by atoms with E-state index in [0.717, 1.165) is 19.4 Å². The van der Waals surface area contributed by atoms with E-state index in [-0.39, 0.29) is 11.9 Å². The minimum atomic E-state index is -0.522. The Labute approximate surface area is 109 Å². The zero-order valence-electron chi connectivity index (χ0n) is 11.2. The minimum absolute atomic E-state index is 0.113. The van der Waals surface area contributed by atoms with Gasteiger partial charge in [-0.1, -0.05) is 12.2 Å². The summed E-state index contributed by atoms with van der Waals surface area (Å²) in [6.07, 6.45) is 1.62. The monoisotopic (exact) mass is 257 g/mol. The van der Waals surface area contributed by atoms with Crippen LogP contribution in [0.15, 0.2) is 0 Å². The van der Waals surface area contributed by atoms with Crippen molar-refractivity contribution in [3.63, 3.8) is 0 Å². The highest BCUT2D eigenvalue weighted by atomic mass is 32.1. The van der Waals surface area contributed by atoms with Crippen LogP contribution in [0.5, 0.6) is 0 Å². The van der Waals surface area contributed by atoms with Crippen LogP contribution in [0, 0.1) is 5.41 Å². The average molecular weight is 257 g/mol. The normalized spacial score (nSPS) is 18.9. The summed E-state index contributed by atoms with van der Waals surface area (Å²) >= 11 is 5.03. The van der Waals surface area contributed by atoms with Gasteiger partial charge in [0.2, 0.25) is 5.91 Å². The number of thiocarbonyl (C=S) groups is 1. The molecule has 1 aliphatic rings. The molecule has 0 aromatic rings. The maximum absolute atomic E-state index is 12.5. The fourth-order valence-electron chi connectivity index (χ4n) is 2.25. The van der Waals surface area contributed by atoms with Gasteiger partial charge in [-0.05, 0) is 40.8 Å². The molecular weight excluding hydrogens is 234 g/mol. The third-order valence-electron chi connectivity index (χ3n) is 3.39. The molecular formula is C12H23N3OS. The van der Waals surface area contributed by atoms with Crippen LogP contribution in [0.4, 0.5) is 0 Å². The van der Waals surface area contributed by atoms with Crippen LogP contribution in [0.1, 0.15) is 26.7 Å². The van der Waals surface area contributed by atoms with Gasteiger partial charge >= 0.3 is 0 Å². The predicted octanol–water partition coefficient (Wildman–Crippen LogP) is 0.851. The number of rotatable bonds is 6. The number of nitrogens with zero attached hydrogens (tertiary/aromatic N) is 2. The Morgan fingerprint density at radius 3 is 2.29 bits per heavy atom. The molecule has 0 heterocycles. The SMILES string of the molecule is CCN(C(=O)C1(C(N)=S)CC1)C(C)CN(C)C. The van der Waals surface area contributed by atoms with Crippen LogP contribution in [0.2, 0.25) is 0 Å². The van der Waals surface area contributed by atoms with Gasteiger partial charge in [0.05, 0.1) is 10.4 Å². The highest BCUT2D eigenvalue weighted by Crippen LogP contribution is 2.47. The Balaban J connectivity index is 2.74. The molecule has 0 saturated heterocycles. The highest BCUT2D eigenvalue weighted by molar-refractivity contribution is 7.80. The van der Waals surface area contributed by atoms with Gasteiger partial charge in [0, 0.05) is 19.1 Å². The van der Waals surface area contributed by atoms with Gasteiger partial charge in [-0.3, -0.25) is 4.79 Å². The standard InChI is InChI=1S/C12H23N3OS/c1-5-15(9(2)8-14(3)4)11(16)12(6-7-12)10(13)17/h9H,5-8H2,1-4H3,(H2,13,17). The van der Waals surface area contributed by atoms with E-state index in [4.69, 9.17) is 18.0 Å². The van der Waals surface area contributed by atoms with E-state index in [0.29, 0.717) is 11.5 Å². The van der Waals surface area contributed by atoms with Crippen LogP contribution in [-0.4, -0.2) is 53.9 Å². The van der Waals surface area contributed by atoms with Crippen LogP contribution < -0.4 is 5.73 Å². The lowest BCUT2D eigenvalue weighted by atomic mass is 10.0. The zero-order valence-corrected chi connectivity index (χ0v) is 12.0. The predicted molar refractivity (Wildman–Crippen MR) is 73.9 cm³/mol. The van der Waals surface area contributed by atoms with Gasteiger partial charge < -0.3 is 15.5 Å². The summed E-state index contributed by atoms with van der Waals surface area (Å²) in [4.78, 5) is 16.8. The fraction of sp³-hybridized carbons (Fsp3) is 0.833. The molecule has 1 saturated carbocycles. The van der Waals surface area contributed by atoms with Crippen LogP contribution in [-0.2, 0) is 4.79 Å². The van der Waals surface area contributed by atoms with Gasteiger partial charge in [-0.2, -0.15) is 0 Å². The molecule has 1 atom stereocenters. The Morgan fingerprint density at radius 1 is 1.47 bits per heavy atom. The second-order valence-corrected chi connectivity index (χ2v) is 5.59. The number of nitrogens with two attached hydrogens (primary N) is 1. The summed E-state index contributed by atoms with van der Waals surface area (Å²) in [5.41, 5.74) is 5.18. The molecule has 5 heteroatoms. The largest absolute Gasteiger partial charge is 0.392 e. The molecule has 98 valence electrons. The summed E-state index contributed by atoms with van der Waals surface area (Å²) in [5, 5.41) is 0. The quantitative estimate of drug-likeness (QED) is 0.717. The first-order valence-corrected chi connectivity index (χ1v) is 6.51. The number of likely N-dealkylation sites (N-methyl/N-ethyl adjacent to an activating group) is 2. The topological polar surface area (TPSA) is 49.6 Å². The summed E-state index contributed by atoms with van der Waals surface area (Å²) < 4.78 is 0. The second kappa shape index (κ2) is 5.31. The first kappa shape index (κ1) is 14.4. The third kappa shape index (κ3) is 2.96. The molecule has 0 aromatic heterocycles. The number of hydrogen-bond donors (Lipinski definition) is 1. The second-order valence-electron chi connectivity index (χ2n) is 5.15. The van der Waals surface area contributed by atoms with Crippen molar-refractivity contribution in [1.82, 2.24) is 9.80 Å². The molecule has 0 aliphatic heterocycles. The summed E-state index contributed by atoms with van der Waals surface area (Å²) in [5.74, 6) is 0.113. The number of hydrogen-bond acceptors (Lipinski definition) is 3. The fourth-order valence-corrected chi connectivity index (χ4v) is 2.54. The molecule has 0 spiro atoms. The summed E-state index contributed by atoms with van der Waals surface area (Å²) in [6, 6.07) is 0.189. The van der Waals surface area contributed by atoms with Gasteiger partial charge in [-0.25, -0.2) is 0 Å². The Bertz CT molecular complexity index is 313. The first-order valence-electron chi connectivity index (χ1n) is 6.11. The maximum atomic E-state index is 12.5. The Morgan fingerprint density at radius 2 is 2.00 bits per heavy atom. The van der Waals surface area contributed by atoms with E-state index < -0.39 is 5.41 Å². The number of carbonyl (C=O) groups is 1. The summed E-state index contributed by atoms with van der Waals surface area (Å²) in [7, 11) is 4.02. The third-order valence-corrected chi connectivity index (χ3v) is 3.78. The molecule has 0 radical (unpaired) electrons. The number of carbonyl (C=O) groups excluding carboxylic acids is 1. The van der Waals surface area contributed by atoms with Crippen molar-refractivity contribution in [2.24, 2.45) is 11.1 Å². The van der Waals surface area contributed by atoms with E-state index in [1.54, 1.807) is 0 Å². The van der Waals surface area contributed by atoms with E-state index in [2.05, 4.69) is 11.8 Å². The van der Waals surface area contributed by atoms with E-state index in [1.807, 2.05) is 25.9 Å². The molecule has 1 amide bonds. The summed E-state index contributed by atoms with van der Waals surface area (Å²) in [6.45, 7) is 5.63. The lowest BCUT2D eigenvalue weighted by Crippen LogP contribution is -2.49. The highest BCUT2D eigenvalue weighted by Gasteiger charge is 2.54. The van der Waals surface area contributed by atoms with Gasteiger partial charge in [0.25, 0.3) is 0 Å². The smallest absolute Gasteiger partial charge is 0.235 e. The average Bonchev–Trinajstić information content (AvgIpc) is 2.97.